The number of rotatable bonds is 4. The molecule has 0 spiro atoms. The molecule has 0 saturated carbocycles. The highest BCUT2D eigenvalue weighted by Gasteiger charge is 2.12. The van der Waals surface area contributed by atoms with Crippen molar-refractivity contribution in [2.24, 2.45) is 0 Å². The first kappa shape index (κ1) is 15.2. The summed E-state index contributed by atoms with van der Waals surface area (Å²) in [6, 6.07) is 13.5. The van der Waals surface area contributed by atoms with Crippen LogP contribution in [-0.4, -0.2) is 17.0 Å². The predicted molar refractivity (Wildman–Crippen MR) is 89.2 cm³/mol. The van der Waals surface area contributed by atoms with Crippen LogP contribution in [0.3, 0.4) is 0 Å². The Morgan fingerprint density at radius 1 is 1.09 bits per heavy atom. The highest BCUT2D eigenvalue weighted by molar-refractivity contribution is 9.10. The van der Waals surface area contributed by atoms with Crippen molar-refractivity contribution in [3.63, 3.8) is 0 Å². The van der Waals surface area contributed by atoms with Gasteiger partial charge < -0.3 is 9.47 Å². The first-order valence-corrected chi connectivity index (χ1v) is 7.42. The van der Waals surface area contributed by atoms with Crippen LogP contribution in [0.15, 0.2) is 53.0 Å². The molecule has 0 atom stereocenters. The molecule has 0 aliphatic carbocycles. The lowest BCUT2D eigenvalue weighted by Gasteiger charge is -2.08. The van der Waals surface area contributed by atoms with E-state index in [1.54, 1.807) is 12.1 Å². The molecule has 2 aromatic carbocycles. The SMILES string of the molecule is COc1cc(Oc2ccc3cc(Br)ccc3n2)cc([N+](=O)[O-])c1. The fourth-order valence-electron chi connectivity index (χ4n) is 2.09. The van der Waals surface area contributed by atoms with Crippen LogP contribution in [0.25, 0.3) is 10.9 Å². The van der Waals surface area contributed by atoms with Gasteiger partial charge in [0, 0.05) is 22.0 Å². The Bertz CT molecular complexity index is 898. The highest BCUT2D eigenvalue weighted by atomic mass is 79.9. The zero-order valence-corrected chi connectivity index (χ0v) is 13.6. The number of pyridine rings is 1. The molecule has 23 heavy (non-hydrogen) atoms. The van der Waals surface area contributed by atoms with Crippen molar-refractivity contribution in [2.75, 3.05) is 7.11 Å². The van der Waals surface area contributed by atoms with E-state index in [2.05, 4.69) is 20.9 Å². The zero-order chi connectivity index (χ0) is 16.4. The van der Waals surface area contributed by atoms with Gasteiger partial charge in [0.1, 0.15) is 11.5 Å². The average Bonchev–Trinajstić information content (AvgIpc) is 2.54. The van der Waals surface area contributed by atoms with Crippen LogP contribution in [0.5, 0.6) is 17.4 Å². The molecular formula is C16H11BrN2O4. The van der Waals surface area contributed by atoms with Gasteiger partial charge in [-0.2, -0.15) is 0 Å². The molecule has 0 aliphatic heterocycles. The standard InChI is InChI=1S/C16H11BrN2O4/c1-22-13-7-12(19(20)21)8-14(9-13)23-16-5-2-10-6-11(17)3-4-15(10)18-16/h2-9H,1H3. The third kappa shape index (κ3) is 3.40. The Morgan fingerprint density at radius 3 is 2.61 bits per heavy atom. The number of hydrogen-bond donors (Lipinski definition) is 0. The van der Waals surface area contributed by atoms with Gasteiger partial charge in [0.25, 0.3) is 5.69 Å². The van der Waals surface area contributed by atoms with Gasteiger partial charge in [-0.15, -0.1) is 0 Å². The lowest BCUT2D eigenvalue weighted by molar-refractivity contribution is -0.385. The third-order valence-electron chi connectivity index (χ3n) is 3.16. The van der Waals surface area contributed by atoms with Crippen molar-refractivity contribution < 1.29 is 14.4 Å². The van der Waals surface area contributed by atoms with Crippen LogP contribution in [0.2, 0.25) is 0 Å². The molecule has 7 heteroatoms. The molecular weight excluding hydrogens is 364 g/mol. The minimum Gasteiger partial charge on any atom is -0.496 e. The summed E-state index contributed by atoms with van der Waals surface area (Å²) in [7, 11) is 1.44. The van der Waals surface area contributed by atoms with Crippen molar-refractivity contribution in [3.8, 4) is 17.4 Å². The first-order chi connectivity index (χ1) is 11.0. The lowest BCUT2D eigenvalue weighted by atomic mass is 10.2. The smallest absolute Gasteiger partial charge is 0.276 e. The van der Waals surface area contributed by atoms with Crippen molar-refractivity contribution in [2.45, 2.75) is 0 Å². The quantitative estimate of drug-likeness (QED) is 0.488. The van der Waals surface area contributed by atoms with Gasteiger partial charge in [-0.3, -0.25) is 10.1 Å². The Hall–Kier alpha value is -2.67. The maximum absolute atomic E-state index is 11.0. The van der Waals surface area contributed by atoms with Gasteiger partial charge in [0.2, 0.25) is 5.88 Å². The Kier molecular flexibility index (Phi) is 4.12. The van der Waals surface area contributed by atoms with E-state index < -0.39 is 4.92 Å². The van der Waals surface area contributed by atoms with Crippen LogP contribution >= 0.6 is 15.9 Å². The van der Waals surface area contributed by atoms with E-state index in [1.165, 1.54) is 19.2 Å². The molecule has 0 unspecified atom stereocenters. The molecule has 0 N–H and O–H groups in total. The van der Waals surface area contributed by atoms with Gasteiger partial charge >= 0.3 is 0 Å². The number of hydrogen-bond acceptors (Lipinski definition) is 5. The molecule has 0 fully saturated rings. The van der Waals surface area contributed by atoms with E-state index in [4.69, 9.17) is 9.47 Å². The fourth-order valence-corrected chi connectivity index (χ4v) is 2.47. The average molecular weight is 375 g/mol. The highest BCUT2D eigenvalue weighted by Crippen LogP contribution is 2.31. The summed E-state index contributed by atoms with van der Waals surface area (Å²) in [5.41, 5.74) is 0.659. The molecule has 6 nitrogen and oxygen atoms in total. The number of ether oxygens (including phenoxy) is 2. The van der Waals surface area contributed by atoms with Crippen molar-refractivity contribution in [3.05, 3.63) is 63.1 Å². The minimum atomic E-state index is -0.499. The van der Waals surface area contributed by atoms with Crippen LogP contribution in [0, 0.1) is 10.1 Å². The second-order valence-corrected chi connectivity index (χ2v) is 5.63. The number of aromatic nitrogens is 1. The van der Waals surface area contributed by atoms with Crippen molar-refractivity contribution in [1.82, 2.24) is 4.98 Å². The number of nitrogens with zero attached hydrogens (tertiary/aromatic N) is 2. The molecule has 0 radical (unpaired) electrons. The zero-order valence-electron chi connectivity index (χ0n) is 12.0. The molecule has 1 aromatic heterocycles. The number of benzene rings is 2. The second kappa shape index (κ2) is 6.21. The number of methoxy groups -OCH3 is 1. The Labute approximate surface area is 140 Å². The Balaban J connectivity index is 1.96. The van der Waals surface area contributed by atoms with Crippen LogP contribution < -0.4 is 9.47 Å². The number of non-ortho nitro benzene ring substituents is 1. The van der Waals surface area contributed by atoms with Crippen LogP contribution in [0.4, 0.5) is 5.69 Å². The molecule has 0 aliphatic rings. The van der Waals surface area contributed by atoms with Crippen molar-refractivity contribution >= 4 is 32.5 Å². The van der Waals surface area contributed by atoms with Gasteiger partial charge in [-0.05, 0) is 24.3 Å². The normalized spacial score (nSPS) is 10.5. The topological polar surface area (TPSA) is 74.5 Å². The van der Waals surface area contributed by atoms with Gasteiger partial charge in [0.15, 0.2) is 0 Å². The maximum atomic E-state index is 11.0. The summed E-state index contributed by atoms with van der Waals surface area (Å²) in [4.78, 5) is 14.8. The second-order valence-electron chi connectivity index (χ2n) is 4.71. The van der Waals surface area contributed by atoms with Crippen molar-refractivity contribution in [1.29, 1.82) is 0 Å². The van der Waals surface area contributed by atoms with E-state index in [0.717, 1.165) is 15.4 Å². The predicted octanol–water partition coefficient (Wildman–Crippen LogP) is 4.71. The molecule has 0 bridgehead atoms. The van der Waals surface area contributed by atoms with E-state index >= 15 is 0 Å². The lowest BCUT2D eigenvalue weighted by Crippen LogP contribution is -1.93. The van der Waals surface area contributed by atoms with E-state index in [1.807, 2.05) is 24.3 Å². The first-order valence-electron chi connectivity index (χ1n) is 6.63. The summed E-state index contributed by atoms with van der Waals surface area (Å²) in [6.07, 6.45) is 0. The Morgan fingerprint density at radius 2 is 1.87 bits per heavy atom. The van der Waals surface area contributed by atoms with Gasteiger partial charge in [-0.25, -0.2) is 4.98 Å². The van der Waals surface area contributed by atoms with E-state index in [0.29, 0.717) is 17.4 Å². The van der Waals surface area contributed by atoms with Gasteiger partial charge in [-0.1, -0.05) is 15.9 Å². The molecule has 116 valence electrons. The summed E-state index contributed by atoms with van der Waals surface area (Å²) in [5.74, 6) is 0.987. The maximum Gasteiger partial charge on any atom is 0.276 e. The summed E-state index contributed by atoms with van der Waals surface area (Å²) in [5, 5.41) is 11.9. The number of fused-ring (bicyclic) bond motifs is 1. The van der Waals surface area contributed by atoms with Gasteiger partial charge in [0.05, 0.1) is 29.7 Å². The molecule has 0 saturated heterocycles. The summed E-state index contributed by atoms with van der Waals surface area (Å²) < 4.78 is 11.7. The molecule has 3 rings (SSSR count). The van der Waals surface area contributed by atoms with E-state index in [9.17, 15) is 10.1 Å². The van der Waals surface area contributed by atoms with Crippen LogP contribution in [-0.2, 0) is 0 Å². The monoisotopic (exact) mass is 374 g/mol. The summed E-state index contributed by atoms with van der Waals surface area (Å²) >= 11 is 3.41. The molecule has 3 aromatic rings. The largest absolute Gasteiger partial charge is 0.496 e. The molecule has 1 heterocycles. The number of nitro benzene ring substituents is 1. The number of nitro groups is 1. The number of halogens is 1. The minimum absolute atomic E-state index is 0.107. The van der Waals surface area contributed by atoms with Crippen LogP contribution in [0.1, 0.15) is 0 Å². The van der Waals surface area contributed by atoms with E-state index in [-0.39, 0.29) is 5.69 Å². The fraction of sp³-hybridized carbons (Fsp3) is 0.0625. The molecule has 0 amide bonds. The third-order valence-corrected chi connectivity index (χ3v) is 3.65. The summed E-state index contributed by atoms with van der Waals surface area (Å²) in [6.45, 7) is 0.